The topological polar surface area (TPSA) is 55.4 Å². The minimum Gasteiger partial charge on any atom is -0.469 e. The highest BCUT2D eigenvalue weighted by atomic mass is 32.1. The van der Waals surface area contributed by atoms with Crippen molar-refractivity contribution in [3.63, 3.8) is 0 Å². The van der Waals surface area contributed by atoms with E-state index in [9.17, 15) is 9.59 Å². The molecule has 124 valence electrons. The Balaban J connectivity index is 3.39. The first-order chi connectivity index (χ1) is 10.1. The molecular formula is C16H31NO3S. The Morgan fingerprint density at radius 1 is 1.00 bits per heavy atom. The number of unbranched alkanes of at least 4 members (excludes halogenated alkanes) is 7. The van der Waals surface area contributed by atoms with Gasteiger partial charge in [0.15, 0.2) is 0 Å². The highest BCUT2D eigenvalue weighted by Gasteiger charge is 2.11. The summed E-state index contributed by atoms with van der Waals surface area (Å²) in [5, 5.41) is 2.82. The molecule has 0 aliphatic rings. The molecule has 0 aromatic heterocycles. The molecule has 0 saturated heterocycles. The summed E-state index contributed by atoms with van der Waals surface area (Å²) >= 11 is 4.19. The summed E-state index contributed by atoms with van der Waals surface area (Å²) in [6.07, 6.45) is 10.3. The van der Waals surface area contributed by atoms with Crippen LogP contribution in [0.2, 0.25) is 0 Å². The van der Waals surface area contributed by atoms with Crippen LogP contribution < -0.4 is 5.32 Å². The summed E-state index contributed by atoms with van der Waals surface area (Å²) in [5.74, 6) is 0.727. The zero-order valence-corrected chi connectivity index (χ0v) is 14.4. The maximum atomic E-state index is 11.7. The monoisotopic (exact) mass is 317 g/mol. The summed E-state index contributed by atoms with van der Waals surface area (Å²) in [7, 11) is 1.36. The van der Waals surface area contributed by atoms with Gasteiger partial charge in [-0.15, -0.1) is 0 Å². The number of hydrogen-bond acceptors (Lipinski definition) is 4. The van der Waals surface area contributed by atoms with Gasteiger partial charge in [-0.3, -0.25) is 9.59 Å². The van der Waals surface area contributed by atoms with E-state index in [4.69, 9.17) is 0 Å². The van der Waals surface area contributed by atoms with Crippen molar-refractivity contribution < 1.29 is 14.3 Å². The second-order valence-corrected chi connectivity index (χ2v) is 6.00. The molecule has 4 nitrogen and oxygen atoms in total. The van der Waals surface area contributed by atoms with Crippen molar-refractivity contribution in [2.45, 2.75) is 77.2 Å². The molecule has 0 aliphatic carbocycles. The quantitative estimate of drug-likeness (QED) is 0.310. The lowest BCUT2D eigenvalue weighted by atomic mass is 10.1. The van der Waals surface area contributed by atoms with Gasteiger partial charge in [0.05, 0.1) is 13.5 Å². The highest BCUT2D eigenvalue weighted by Crippen LogP contribution is 2.10. The molecule has 0 aromatic carbocycles. The number of ether oxygens (including phenoxy) is 1. The van der Waals surface area contributed by atoms with Crippen molar-refractivity contribution in [2.24, 2.45) is 0 Å². The van der Waals surface area contributed by atoms with E-state index in [-0.39, 0.29) is 24.3 Å². The fourth-order valence-corrected chi connectivity index (χ4v) is 2.41. The average molecular weight is 317 g/mol. The Kier molecular flexibility index (Phi) is 13.8. The summed E-state index contributed by atoms with van der Waals surface area (Å²) in [4.78, 5) is 22.7. The van der Waals surface area contributed by atoms with Crippen molar-refractivity contribution >= 4 is 24.5 Å². The maximum Gasteiger partial charge on any atom is 0.307 e. The molecule has 0 aromatic rings. The van der Waals surface area contributed by atoms with E-state index in [1.165, 1.54) is 45.6 Å². The Labute approximate surface area is 134 Å². The van der Waals surface area contributed by atoms with E-state index < -0.39 is 0 Å². The Morgan fingerprint density at radius 2 is 1.52 bits per heavy atom. The third-order valence-electron chi connectivity index (χ3n) is 3.42. The molecule has 5 heteroatoms. The Hall–Kier alpha value is -0.710. The minimum absolute atomic E-state index is 0.0279. The van der Waals surface area contributed by atoms with Gasteiger partial charge in [0, 0.05) is 12.5 Å². The first kappa shape index (κ1) is 20.3. The third kappa shape index (κ3) is 14.0. The van der Waals surface area contributed by atoms with Gasteiger partial charge in [0.25, 0.3) is 0 Å². The number of carbonyl (C=O) groups is 2. The summed E-state index contributed by atoms with van der Waals surface area (Å²) in [5.41, 5.74) is 0. The molecule has 1 N–H and O–H groups in total. The molecule has 0 fully saturated rings. The molecular weight excluding hydrogens is 286 g/mol. The van der Waals surface area contributed by atoms with Crippen LogP contribution in [0.5, 0.6) is 0 Å². The lowest BCUT2D eigenvalue weighted by molar-refractivity contribution is -0.141. The smallest absolute Gasteiger partial charge is 0.307 e. The highest BCUT2D eigenvalue weighted by molar-refractivity contribution is 7.80. The average Bonchev–Trinajstić information content (AvgIpc) is 2.45. The molecule has 0 spiro atoms. The minimum atomic E-state index is -0.291. The number of methoxy groups -OCH3 is 1. The maximum absolute atomic E-state index is 11.7. The number of amides is 1. The van der Waals surface area contributed by atoms with Crippen LogP contribution in [0.1, 0.15) is 71.1 Å². The second-order valence-electron chi connectivity index (χ2n) is 5.55. The van der Waals surface area contributed by atoms with E-state index in [0.717, 1.165) is 18.6 Å². The largest absolute Gasteiger partial charge is 0.469 e. The fraction of sp³-hybridized carbons (Fsp3) is 0.875. The number of rotatable bonds is 13. The molecule has 0 rings (SSSR count). The normalized spacial score (nSPS) is 12.0. The van der Waals surface area contributed by atoms with Crippen LogP contribution in [-0.2, 0) is 14.3 Å². The first-order valence-corrected chi connectivity index (χ1v) is 8.70. The van der Waals surface area contributed by atoms with E-state index in [1.54, 1.807) is 0 Å². The van der Waals surface area contributed by atoms with Gasteiger partial charge in [-0.05, 0) is 25.5 Å². The zero-order valence-electron chi connectivity index (χ0n) is 13.5. The molecule has 1 unspecified atom stereocenters. The molecule has 0 radical (unpaired) electrons. The molecule has 0 heterocycles. The zero-order chi connectivity index (χ0) is 15.9. The van der Waals surface area contributed by atoms with E-state index in [2.05, 4.69) is 22.7 Å². The van der Waals surface area contributed by atoms with Gasteiger partial charge in [-0.1, -0.05) is 38.5 Å². The van der Waals surface area contributed by atoms with E-state index >= 15 is 0 Å². The van der Waals surface area contributed by atoms with Crippen LogP contribution in [0.15, 0.2) is 0 Å². The van der Waals surface area contributed by atoms with Gasteiger partial charge >= 0.3 is 5.97 Å². The van der Waals surface area contributed by atoms with Crippen molar-refractivity contribution in [3.8, 4) is 0 Å². The van der Waals surface area contributed by atoms with Gasteiger partial charge in [0.2, 0.25) is 5.91 Å². The van der Waals surface area contributed by atoms with Crippen molar-refractivity contribution in [3.05, 3.63) is 0 Å². The van der Waals surface area contributed by atoms with Crippen molar-refractivity contribution in [1.82, 2.24) is 5.32 Å². The standard InChI is InChI=1S/C16H31NO3S/c1-14(13-16(19)20-2)17-15(18)11-9-7-5-3-4-6-8-10-12-21/h14,21H,3-13H2,1-2H3,(H,17,18). The summed E-state index contributed by atoms with van der Waals surface area (Å²) < 4.78 is 4.57. The number of hydrogen-bond donors (Lipinski definition) is 2. The number of nitrogens with one attached hydrogen (secondary N) is 1. The van der Waals surface area contributed by atoms with E-state index in [1.807, 2.05) is 6.92 Å². The molecule has 1 atom stereocenters. The van der Waals surface area contributed by atoms with Crippen LogP contribution >= 0.6 is 12.6 Å². The predicted octanol–water partition coefficient (Wildman–Crippen LogP) is 3.49. The summed E-state index contributed by atoms with van der Waals surface area (Å²) in [6, 6.07) is -0.156. The Morgan fingerprint density at radius 3 is 2.05 bits per heavy atom. The molecule has 0 saturated carbocycles. The van der Waals surface area contributed by atoms with Crippen LogP contribution in [0, 0.1) is 0 Å². The van der Waals surface area contributed by atoms with Crippen molar-refractivity contribution in [1.29, 1.82) is 0 Å². The van der Waals surface area contributed by atoms with Crippen molar-refractivity contribution in [2.75, 3.05) is 12.9 Å². The fourth-order valence-electron chi connectivity index (χ4n) is 2.19. The molecule has 21 heavy (non-hydrogen) atoms. The van der Waals surface area contributed by atoms with E-state index in [0.29, 0.717) is 6.42 Å². The predicted molar refractivity (Wildman–Crippen MR) is 89.6 cm³/mol. The number of thiol groups is 1. The third-order valence-corrected chi connectivity index (χ3v) is 3.74. The van der Waals surface area contributed by atoms with Crippen LogP contribution in [0.25, 0.3) is 0 Å². The summed E-state index contributed by atoms with van der Waals surface area (Å²) in [6.45, 7) is 1.82. The Bertz CT molecular complexity index is 285. The first-order valence-electron chi connectivity index (χ1n) is 8.07. The molecule has 1 amide bonds. The lowest BCUT2D eigenvalue weighted by Gasteiger charge is -2.12. The van der Waals surface area contributed by atoms with Gasteiger partial charge in [0.1, 0.15) is 0 Å². The van der Waals surface area contributed by atoms with Gasteiger partial charge < -0.3 is 10.1 Å². The second kappa shape index (κ2) is 14.2. The number of esters is 1. The molecule has 0 aliphatic heterocycles. The SMILES string of the molecule is COC(=O)CC(C)NC(=O)CCCCCCCCCCS. The van der Waals surface area contributed by atoms with Crippen LogP contribution in [0.4, 0.5) is 0 Å². The lowest BCUT2D eigenvalue weighted by Crippen LogP contribution is -2.34. The van der Waals surface area contributed by atoms with Gasteiger partial charge in [-0.2, -0.15) is 12.6 Å². The van der Waals surface area contributed by atoms with Gasteiger partial charge in [-0.25, -0.2) is 0 Å². The van der Waals surface area contributed by atoms with Crippen LogP contribution in [0.3, 0.4) is 0 Å². The van der Waals surface area contributed by atoms with Crippen LogP contribution in [-0.4, -0.2) is 30.8 Å². The number of carbonyl (C=O) groups excluding carboxylic acids is 2. The molecule has 0 bridgehead atoms.